The first-order chi connectivity index (χ1) is 4.83. The summed E-state index contributed by atoms with van der Waals surface area (Å²) in [6.45, 7) is 0. The topological polar surface area (TPSA) is 17.1 Å². The van der Waals surface area contributed by atoms with Crippen molar-refractivity contribution in [1.29, 1.82) is 0 Å². The van der Waals surface area contributed by atoms with Crippen LogP contribution in [-0.4, -0.2) is 11.4 Å². The molecule has 0 aliphatic rings. The van der Waals surface area contributed by atoms with Crippen molar-refractivity contribution >= 4 is 28.2 Å². The molecule has 1 rings (SSSR count). The van der Waals surface area contributed by atoms with Crippen molar-refractivity contribution in [3.63, 3.8) is 0 Å². The van der Waals surface area contributed by atoms with Gasteiger partial charge in [-0.05, 0) is 17.7 Å². The van der Waals surface area contributed by atoms with Crippen molar-refractivity contribution in [1.82, 2.24) is 0 Å². The van der Waals surface area contributed by atoms with Crippen LogP contribution in [0.2, 0.25) is 0 Å². The van der Waals surface area contributed by atoms with Crippen molar-refractivity contribution in [2.45, 2.75) is 6.42 Å². The summed E-state index contributed by atoms with van der Waals surface area (Å²) in [4.78, 5) is 12.0. The van der Waals surface area contributed by atoms with Crippen molar-refractivity contribution in [2.75, 3.05) is 6.26 Å². The Labute approximate surface area is 68.5 Å². The van der Waals surface area contributed by atoms with E-state index in [1.165, 1.54) is 11.8 Å². The molecule has 0 aliphatic carbocycles. The summed E-state index contributed by atoms with van der Waals surface area (Å²) in [5.41, 5.74) is 0. The van der Waals surface area contributed by atoms with Crippen LogP contribution in [0.25, 0.3) is 0 Å². The second-order valence-corrected chi connectivity index (χ2v) is 3.73. The second kappa shape index (κ2) is 3.78. The minimum atomic E-state index is 0.238. The zero-order chi connectivity index (χ0) is 7.40. The number of carbonyl (C=O) groups excluding carboxylic acids is 1. The van der Waals surface area contributed by atoms with Crippen LogP contribution in [0.3, 0.4) is 0 Å². The van der Waals surface area contributed by atoms with E-state index in [4.69, 9.17) is 0 Å². The Morgan fingerprint density at radius 3 is 3.10 bits per heavy atom. The summed E-state index contributed by atoms with van der Waals surface area (Å²) in [5, 5.41) is 2.23. The van der Waals surface area contributed by atoms with Crippen molar-refractivity contribution in [3.8, 4) is 0 Å². The highest BCUT2D eigenvalue weighted by Gasteiger charge is 2.00. The fraction of sp³-hybridized carbons (Fsp3) is 0.286. The van der Waals surface area contributed by atoms with Gasteiger partial charge in [0.05, 0.1) is 6.42 Å². The third-order valence-electron chi connectivity index (χ3n) is 1.13. The fourth-order valence-electron chi connectivity index (χ4n) is 0.628. The molecule has 0 aromatic carbocycles. The average Bonchev–Trinajstić information content (AvgIpc) is 2.40. The van der Waals surface area contributed by atoms with Gasteiger partial charge in [0.15, 0.2) is 5.12 Å². The van der Waals surface area contributed by atoms with Crippen molar-refractivity contribution in [2.24, 2.45) is 0 Å². The molecule has 0 atom stereocenters. The summed E-state index contributed by atoms with van der Waals surface area (Å²) >= 11 is 2.92. The van der Waals surface area contributed by atoms with Gasteiger partial charge in [-0.1, -0.05) is 17.8 Å². The van der Waals surface area contributed by atoms with Gasteiger partial charge in [-0.3, -0.25) is 4.79 Å². The lowest BCUT2D eigenvalue weighted by molar-refractivity contribution is -0.110. The molecule has 0 aliphatic heterocycles. The minimum Gasteiger partial charge on any atom is -0.287 e. The number of carbonyl (C=O) groups is 1. The van der Waals surface area contributed by atoms with Crippen LogP contribution in [0.5, 0.6) is 0 Å². The SMILES string of the molecule is CSC(=O)Cc1cccs1. The van der Waals surface area contributed by atoms with Crippen LogP contribution in [0.15, 0.2) is 17.5 Å². The molecule has 10 heavy (non-hydrogen) atoms. The first kappa shape index (κ1) is 7.82. The van der Waals surface area contributed by atoms with Gasteiger partial charge in [-0.2, -0.15) is 0 Å². The van der Waals surface area contributed by atoms with E-state index in [2.05, 4.69) is 0 Å². The van der Waals surface area contributed by atoms with Gasteiger partial charge in [0, 0.05) is 4.88 Å². The maximum Gasteiger partial charge on any atom is 0.193 e. The van der Waals surface area contributed by atoms with Gasteiger partial charge in [-0.25, -0.2) is 0 Å². The molecular formula is C7H8OS2. The van der Waals surface area contributed by atoms with Crippen LogP contribution in [0, 0.1) is 0 Å². The minimum absolute atomic E-state index is 0.238. The standard InChI is InChI=1S/C7H8OS2/c1-9-7(8)5-6-3-2-4-10-6/h2-4H,5H2,1H3. The highest BCUT2D eigenvalue weighted by atomic mass is 32.2. The van der Waals surface area contributed by atoms with Crippen LogP contribution < -0.4 is 0 Å². The zero-order valence-corrected chi connectivity index (χ0v) is 7.30. The predicted molar refractivity (Wildman–Crippen MR) is 46.5 cm³/mol. The van der Waals surface area contributed by atoms with Gasteiger partial charge in [0.2, 0.25) is 0 Å². The molecule has 1 heterocycles. The van der Waals surface area contributed by atoms with Gasteiger partial charge in [0.1, 0.15) is 0 Å². The summed E-state index contributed by atoms with van der Waals surface area (Å²) < 4.78 is 0. The van der Waals surface area contributed by atoms with Crippen LogP contribution >= 0.6 is 23.1 Å². The molecule has 0 N–H and O–H groups in total. The normalized spacial score (nSPS) is 9.70. The maximum atomic E-state index is 10.8. The third kappa shape index (κ3) is 2.15. The second-order valence-electron chi connectivity index (χ2n) is 1.83. The Kier molecular flexibility index (Phi) is 2.96. The number of hydrogen-bond donors (Lipinski definition) is 0. The molecule has 3 heteroatoms. The lowest BCUT2D eigenvalue weighted by Gasteiger charge is -1.90. The molecule has 0 radical (unpaired) electrons. The summed E-state index contributed by atoms with van der Waals surface area (Å²) in [7, 11) is 0. The van der Waals surface area contributed by atoms with E-state index >= 15 is 0 Å². The molecule has 0 amide bonds. The van der Waals surface area contributed by atoms with Crippen LogP contribution in [-0.2, 0) is 11.2 Å². The van der Waals surface area contributed by atoms with Crippen molar-refractivity contribution in [3.05, 3.63) is 22.4 Å². The first-order valence-electron chi connectivity index (χ1n) is 2.92. The molecular weight excluding hydrogens is 164 g/mol. The lowest BCUT2D eigenvalue weighted by Crippen LogP contribution is -1.92. The zero-order valence-electron chi connectivity index (χ0n) is 5.66. The van der Waals surface area contributed by atoms with Gasteiger partial charge in [0.25, 0.3) is 0 Å². The molecule has 0 spiro atoms. The van der Waals surface area contributed by atoms with Gasteiger partial charge in [-0.15, -0.1) is 11.3 Å². The number of thiophene rings is 1. The number of hydrogen-bond acceptors (Lipinski definition) is 3. The molecule has 0 fully saturated rings. The van der Waals surface area contributed by atoms with Gasteiger partial charge >= 0.3 is 0 Å². The van der Waals surface area contributed by atoms with E-state index < -0.39 is 0 Å². The van der Waals surface area contributed by atoms with Gasteiger partial charge < -0.3 is 0 Å². The molecule has 0 bridgehead atoms. The van der Waals surface area contributed by atoms with Crippen molar-refractivity contribution < 1.29 is 4.79 Å². The van der Waals surface area contributed by atoms with E-state index in [-0.39, 0.29) is 5.12 Å². The van der Waals surface area contributed by atoms with E-state index in [1.54, 1.807) is 11.3 Å². The Hall–Kier alpha value is -0.280. The molecule has 0 saturated carbocycles. The Morgan fingerprint density at radius 1 is 1.80 bits per heavy atom. The predicted octanol–water partition coefficient (Wildman–Crippen LogP) is 2.18. The molecule has 54 valence electrons. The molecule has 0 saturated heterocycles. The smallest absolute Gasteiger partial charge is 0.193 e. The quantitative estimate of drug-likeness (QED) is 0.680. The molecule has 0 unspecified atom stereocenters. The molecule has 1 aromatic heterocycles. The fourth-order valence-corrected chi connectivity index (χ4v) is 1.72. The van der Waals surface area contributed by atoms with Crippen LogP contribution in [0.1, 0.15) is 4.88 Å². The highest BCUT2D eigenvalue weighted by molar-refractivity contribution is 8.13. The van der Waals surface area contributed by atoms with Crippen LogP contribution in [0.4, 0.5) is 0 Å². The Balaban J connectivity index is 2.48. The van der Waals surface area contributed by atoms with E-state index in [0.717, 1.165) is 4.88 Å². The van der Waals surface area contributed by atoms with E-state index in [9.17, 15) is 4.79 Å². The summed E-state index contributed by atoms with van der Waals surface area (Å²) in [6, 6.07) is 3.95. The average molecular weight is 172 g/mol. The van der Waals surface area contributed by atoms with E-state index in [0.29, 0.717) is 6.42 Å². The molecule has 1 nitrogen and oxygen atoms in total. The number of rotatable bonds is 2. The summed E-state index contributed by atoms with van der Waals surface area (Å²) in [5.74, 6) is 0. The monoisotopic (exact) mass is 172 g/mol. The highest BCUT2D eigenvalue weighted by Crippen LogP contribution is 2.12. The largest absolute Gasteiger partial charge is 0.287 e. The third-order valence-corrected chi connectivity index (χ3v) is 2.60. The summed E-state index contributed by atoms with van der Waals surface area (Å²) in [6.07, 6.45) is 2.40. The first-order valence-corrected chi connectivity index (χ1v) is 5.02. The number of thioether (sulfide) groups is 1. The lowest BCUT2D eigenvalue weighted by atomic mass is 10.4. The Bertz CT molecular complexity index is 203. The molecule has 1 aromatic rings. The van der Waals surface area contributed by atoms with E-state index in [1.807, 2.05) is 23.8 Å². The maximum absolute atomic E-state index is 10.8. The Morgan fingerprint density at radius 2 is 2.60 bits per heavy atom.